The highest BCUT2D eigenvalue weighted by Crippen LogP contribution is 2.34. The lowest BCUT2D eigenvalue weighted by Crippen LogP contribution is -2.29. The maximum Gasteiger partial charge on any atom is 0.0604 e. The van der Waals surface area contributed by atoms with Crippen LogP contribution < -0.4 is 0 Å². The molecule has 14 heavy (non-hydrogen) atoms. The van der Waals surface area contributed by atoms with Gasteiger partial charge in [0.2, 0.25) is 0 Å². The van der Waals surface area contributed by atoms with Gasteiger partial charge in [-0.05, 0) is 25.2 Å². The van der Waals surface area contributed by atoms with E-state index >= 15 is 0 Å². The average molecular weight is 191 g/mol. The Morgan fingerprint density at radius 1 is 1.36 bits per heavy atom. The van der Waals surface area contributed by atoms with Crippen molar-refractivity contribution in [3.05, 3.63) is 0 Å². The van der Waals surface area contributed by atoms with Gasteiger partial charge in [0.15, 0.2) is 0 Å². The fourth-order valence-corrected chi connectivity index (χ4v) is 2.79. The third-order valence-corrected chi connectivity index (χ3v) is 3.44. The fourth-order valence-electron chi connectivity index (χ4n) is 2.79. The predicted octanol–water partition coefficient (Wildman–Crippen LogP) is 2.52. The second-order valence-electron chi connectivity index (χ2n) is 5.09. The number of nitrogens with zero attached hydrogens (tertiary/aromatic N) is 1. The third kappa shape index (κ3) is 2.30. The highest BCUT2D eigenvalue weighted by Gasteiger charge is 2.34. The van der Waals surface area contributed by atoms with Gasteiger partial charge >= 0.3 is 0 Å². The van der Waals surface area contributed by atoms with Crippen molar-refractivity contribution in [2.45, 2.75) is 45.6 Å². The van der Waals surface area contributed by atoms with Crippen LogP contribution in [0.2, 0.25) is 0 Å². The zero-order chi connectivity index (χ0) is 9.97. The molecule has 0 N–H and O–H groups in total. The molecular weight excluding hydrogens is 170 g/mol. The van der Waals surface area contributed by atoms with E-state index in [1.807, 2.05) is 0 Å². The first-order chi connectivity index (χ1) is 6.75. The number of hydrogen-bond acceptors (Lipinski definition) is 1. The minimum absolute atomic E-state index is 0.525. The van der Waals surface area contributed by atoms with Gasteiger partial charge in [-0.3, -0.25) is 4.90 Å². The molecule has 78 valence electrons. The summed E-state index contributed by atoms with van der Waals surface area (Å²) in [7, 11) is 0. The van der Waals surface area contributed by atoms with Gasteiger partial charge in [-0.15, -0.1) is 0 Å². The van der Waals surface area contributed by atoms with Crippen LogP contribution in [0.3, 0.4) is 0 Å². The molecule has 0 aromatic rings. The summed E-state index contributed by atoms with van der Waals surface area (Å²) in [6.45, 7) is 6.65. The van der Waals surface area contributed by atoms with Gasteiger partial charge in [0.05, 0.1) is 6.54 Å². The predicted molar refractivity (Wildman–Crippen MR) is 59.9 cm³/mol. The van der Waals surface area contributed by atoms with E-state index in [1.165, 1.54) is 32.2 Å². The van der Waals surface area contributed by atoms with Crippen molar-refractivity contribution < 1.29 is 0 Å². The summed E-state index contributed by atoms with van der Waals surface area (Å²) < 4.78 is 0. The van der Waals surface area contributed by atoms with Crippen molar-refractivity contribution in [3.63, 3.8) is 0 Å². The monoisotopic (exact) mass is 191 g/mol. The number of hydrogen-bond donors (Lipinski definition) is 0. The Balaban J connectivity index is 1.85. The van der Waals surface area contributed by atoms with Gasteiger partial charge in [-0.2, -0.15) is 0 Å². The SMILES string of the molecule is CC(C)C#CCN1CC2CCCC1C2. The molecule has 1 heteroatoms. The maximum atomic E-state index is 3.32. The summed E-state index contributed by atoms with van der Waals surface area (Å²) in [5, 5.41) is 0. The van der Waals surface area contributed by atoms with Gasteiger partial charge in [-0.25, -0.2) is 0 Å². The molecule has 1 nitrogen and oxygen atoms in total. The molecule has 0 amide bonds. The molecule has 1 saturated carbocycles. The van der Waals surface area contributed by atoms with Gasteiger partial charge in [0, 0.05) is 18.5 Å². The van der Waals surface area contributed by atoms with E-state index in [0.717, 1.165) is 18.5 Å². The Morgan fingerprint density at radius 2 is 2.21 bits per heavy atom. The van der Waals surface area contributed by atoms with E-state index in [-0.39, 0.29) is 0 Å². The molecule has 1 aliphatic carbocycles. The second kappa shape index (κ2) is 4.36. The van der Waals surface area contributed by atoms with Crippen LogP contribution in [0.5, 0.6) is 0 Å². The Hall–Kier alpha value is -0.480. The number of fused-ring (bicyclic) bond motifs is 2. The molecule has 2 unspecified atom stereocenters. The number of likely N-dealkylation sites (tertiary alicyclic amines) is 1. The molecule has 2 aliphatic rings. The molecule has 2 atom stereocenters. The molecule has 2 bridgehead atoms. The van der Waals surface area contributed by atoms with Gasteiger partial charge < -0.3 is 0 Å². The highest BCUT2D eigenvalue weighted by atomic mass is 15.2. The van der Waals surface area contributed by atoms with Crippen molar-refractivity contribution >= 4 is 0 Å². The van der Waals surface area contributed by atoms with Crippen LogP contribution in [-0.4, -0.2) is 24.0 Å². The lowest BCUT2D eigenvalue weighted by atomic mass is 9.90. The van der Waals surface area contributed by atoms with Crippen LogP contribution in [-0.2, 0) is 0 Å². The summed E-state index contributed by atoms with van der Waals surface area (Å²) in [5.41, 5.74) is 0. The highest BCUT2D eigenvalue weighted by molar-refractivity contribution is 5.05. The van der Waals surface area contributed by atoms with Gasteiger partial charge in [0.25, 0.3) is 0 Å². The van der Waals surface area contributed by atoms with Crippen LogP contribution in [0.15, 0.2) is 0 Å². The van der Waals surface area contributed by atoms with E-state index < -0.39 is 0 Å². The second-order valence-corrected chi connectivity index (χ2v) is 5.09. The van der Waals surface area contributed by atoms with E-state index in [1.54, 1.807) is 0 Å². The van der Waals surface area contributed by atoms with Crippen LogP contribution >= 0.6 is 0 Å². The van der Waals surface area contributed by atoms with Crippen LogP contribution in [0, 0.1) is 23.7 Å². The number of rotatable bonds is 1. The normalized spacial score (nSPS) is 31.6. The summed E-state index contributed by atoms with van der Waals surface area (Å²) >= 11 is 0. The smallest absolute Gasteiger partial charge is 0.0604 e. The summed E-state index contributed by atoms with van der Waals surface area (Å²) in [4.78, 5) is 2.60. The first-order valence-electron chi connectivity index (χ1n) is 5.98. The summed E-state index contributed by atoms with van der Waals surface area (Å²) in [6.07, 6.45) is 5.78. The van der Waals surface area contributed by atoms with E-state index in [4.69, 9.17) is 0 Å². The summed E-state index contributed by atoms with van der Waals surface area (Å²) in [5.74, 6) is 8.10. The Kier molecular flexibility index (Phi) is 3.13. The molecule has 1 aliphatic heterocycles. The van der Waals surface area contributed by atoms with Crippen LogP contribution in [0.1, 0.15) is 39.5 Å². The third-order valence-electron chi connectivity index (χ3n) is 3.44. The van der Waals surface area contributed by atoms with Crippen molar-refractivity contribution in [1.29, 1.82) is 0 Å². The first-order valence-corrected chi connectivity index (χ1v) is 5.98. The Morgan fingerprint density at radius 3 is 2.93 bits per heavy atom. The minimum atomic E-state index is 0.525. The van der Waals surface area contributed by atoms with Gasteiger partial charge in [-0.1, -0.05) is 32.1 Å². The van der Waals surface area contributed by atoms with E-state index in [9.17, 15) is 0 Å². The minimum Gasteiger partial charge on any atom is -0.289 e. The molecular formula is C13H21N. The quantitative estimate of drug-likeness (QED) is 0.576. The largest absolute Gasteiger partial charge is 0.289 e. The molecule has 0 aromatic heterocycles. The molecule has 1 saturated heterocycles. The topological polar surface area (TPSA) is 3.24 Å². The van der Waals surface area contributed by atoms with Crippen LogP contribution in [0.4, 0.5) is 0 Å². The Bertz CT molecular complexity index is 246. The maximum absolute atomic E-state index is 3.32. The van der Waals surface area contributed by atoms with Crippen molar-refractivity contribution in [3.8, 4) is 11.8 Å². The molecule has 0 spiro atoms. The zero-order valence-corrected chi connectivity index (χ0v) is 9.42. The lowest BCUT2D eigenvalue weighted by molar-refractivity contribution is 0.273. The van der Waals surface area contributed by atoms with E-state index in [2.05, 4.69) is 30.6 Å². The molecule has 0 radical (unpaired) electrons. The van der Waals surface area contributed by atoms with Gasteiger partial charge in [0.1, 0.15) is 0 Å². The van der Waals surface area contributed by atoms with E-state index in [0.29, 0.717) is 5.92 Å². The molecule has 0 aromatic carbocycles. The first kappa shape index (κ1) is 10.1. The standard InChI is InChI=1S/C13H21N/c1-11(2)5-4-8-14-10-12-6-3-7-13(14)9-12/h11-13H,3,6-10H2,1-2H3. The van der Waals surface area contributed by atoms with Crippen molar-refractivity contribution in [1.82, 2.24) is 4.90 Å². The fraction of sp³-hybridized carbons (Fsp3) is 0.846. The molecule has 2 fully saturated rings. The van der Waals surface area contributed by atoms with Crippen molar-refractivity contribution in [2.75, 3.05) is 13.1 Å². The Labute approximate surface area is 87.9 Å². The molecule has 1 heterocycles. The van der Waals surface area contributed by atoms with Crippen LogP contribution in [0.25, 0.3) is 0 Å². The lowest BCUT2D eigenvalue weighted by Gasteiger charge is -2.22. The zero-order valence-electron chi connectivity index (χ0n) is 9.42. The van der Waals surface area contributed by atoms with Crippen molar-refractivity contribution in [2.24, 2.45) is 11.8 Å². The molecule has 2 rings (SSSR count). The summed E-state index contributed by atoms with van der Waals surface area (Å²) in [6, 6.07) is 0.871. The average Bonchev–Trinajstić information content (AvgIpc) is 2.41.